The number of hydrogen-bond acceptors (Lipinski definition) is 6. The van der Waals surface area contributed by atoms with E-state index < -0.39 is 17.7 Å². The molecule has 0 radical (unpaired) electrons. The zero-order chi connectivity index (χ0) is 21.0. The van der Waals surface area contributed by atoms with Crippen LogP contribution >= 0.6 is 0 Å². The predicted molar refractivity (Wildman–Crippen MR) is 103 cm³/mol. The molecule has 1 unspecified atom stereocenters. The summed E-state index contributed by atoms with van der Waals surface area (Å²) in [6, 6.07) is 14.8. The number of rotatable bonds is 5. The summed E-state index contributed by atoms with van der Waals surface area (Å²) < 4.78 is 30.5. The summed E-state index contributed by atoms with van der Waals surface area (Å²) in [7, 11) is 0. The van der Waals surface area contributed by atoms with Gasteiger partial charge in [0.2, 0.25) is 5.88 Å². The lowest BCUT2D eigenvalue weighted by Crippen LogP contribution is -2.25. The molecule has 0 fully saturated rings. The quantitative estimate of drug-likeness (QED) is 0.762. The molecule has 1 atom stereocenters. The standard InChI is InChI=1S/C22H19FN2O4/c1-3-27-22(26)19-13(2)28-21(25)16(12-24)20(19)14-9-10-17(23)18(11-14)29-15-7-5-4-6-8-15/h4-11,20H,3,25H2,1-2H3. The van der Waals surface area contributed by atoms with Gasteiger partial charge in [-0.1, -0.05) is 24.3 Å². The molecule has 1 aliphatic rings. The third-order valence-electron chi connectivity index (χ3n) is 4.36. The Labute approximate surface area is 167 Å². The third kappa shape index (κ3) is 4.06. The second kappa shape index (κ2) is 8.48. The molecule has 148 valence electrons. The van der Waals surface area contributed by atoms with Crippen molar-refractivity contribution in [1.82, 2.24) is 0 Å². The van der Waals surface area contributed by atoms with Crippen LogP contribution in [0, 0.1) is 17.1 Å². The monoisotopic (exact) mass is 394 g/mol. The lowest BCUT2D eigenvalue weighted by Gasteiger charge is -2.27. The summed E-state index contributed by atoms with van der Waals surface area (Å²) in [5.41, 5.74) is 6.50. The van der Waals surface area contributed by atoms with E-state index in [-0.39, 0.29) is 35.1 Å². The van der Waals surface area contributed by atoms with Crippen LogP contribution in [0.25, 0.3) is 0 Å². The normalized spacial score (nSPS) is 16.1. The molecule has 2 aromatic carbocycles. The number of allylic oxidation sites excluding steroid dienone is 2. The first-order valence-corrected chi connectivity index (χ1v) is 8.94. The topological polar surface area (TPSA) is 94.6 Å². The maximum atomic E-state index is 14.4. The molecule has 2 aromatic rings. The van der Waals surface area contributed by atoms with Crippen LogP contribution in [-0.2, 0) is 14.3 Å². The first-order chi connectivity index (χ1) is 14.0. The van der Waals surface area contributed by atoms with E-state index in [1.807, 2.05) is 12.1 Å². The summed E-state index contributed by atoms with van der Waals surface area (Å²) in [5.74, 6) is -1.58. The molecule has 6 nitrogen and oxygen atoms in total. The molecule has 0 aliphatic carbocycles. The van der Waals surface area contributed by atoms with E-state index in [4.69, 9.17) is 19.9 Å². The van der Waals surface area contributed by atoms with Crippen molar-refractivity contribution in [2.75, 3.05) is 6.61 Å². The zero-order valence-corrected chi connectivity index (χ0v) is 15.9. The Kier molecular flexibility index (Phi) is 5.84. The minimum absolute atomic E-state index is 0.0379. The third-order valence-corrected chi connectivity index (χ3v) is 4.36. The summed E-state index contributed by atoms with van der Waals surface area (Å²) in [6.45, 7) is 3.38. The zero-order valence-electron chi connectivity index (χ0n) is 15.9. The molecule has 0 saturated heterocycles. The minimum atomic E-state index is -0.869. The molecule has 0 saturated carbocycles. The van der Waals surface area contributed by atoms with Crippen LogP contribution in [0.2, 0.25) is 0 Å². The van der Waals surface area contributed by atoms with E-state index in [9.17, 15) is 14.4 Å². The van der Waals surface area contributed by atoms with Crippen LogP contribution < -0.4 is 10.5 Å². The number of esters is 1. The van der Waals surface area contributed by atoms with Crippen molar-refractivity contribution < 1.29 is 23.4 Å². The molecule has 1 heterocycles. The highest BCUT2D eigenvalue weighted by Crippen LogP contribution is 2.41. The molecule has 0 spiro atoms. The fraction of sp³-hybridized carbons (Fsp3) is 0.182. The highest BCUT2D eigenvalue weighted by atomic mass is 19.1. The van der Waals surface area contributed by atoms with Gasteiger partial charge in [-0.25, -0.2) is 9.18 Å². The maximum Gasteiger partial charge on any atom is 0.338 e. The van der Waals surface area contributed by atoms with Crippen molar-refractivity contribution in [3.63, 3.8) is 0 Å². The molecule has 7 heteroatoms. The Hall–Kier alpha value is -3.79. The minimum Gasteiger partial charge on any atom is -0.463 e. The van der Waals surface area contributed by atoms with Gasteiger partial charge in [0.05, 0.1) is 18.1 Å². The van der Waals surface area contributed by atoms with E-state index >= 15 is 0 Å². The number of nitrogens with two attached hydrogens (primary N) is 1. The molecule has 1 aliphatic heterocycles. The van der Waals surface area contributed by atoms with E-state index in [2.05, 4.69) is 0 Å². The fourth-order valence-electron chi connectivity index (χ4n) is 3.08. The number of nitriles is 1. The van der Waals surface area contributed by atoms with Gasteiger partial charge in [-0.05, 0) is 43.7 Å². The highest BCUT2D eigenvalue weighted by Gasteiger charge is 2.36. The van der Waals surface area contributed by atoms with Gasteiger partial charge in [-0.3, -0.25) is 0 Å². The molecule has 0 aromatic heterocycles. The van der Waals surface area contributed by atoms with Crippen LogP contribution in [0.1, 0.15) is 25.3 Å². The number of carbonyl (C=O) groups excluding carboxylic acids is 1. The first-order valence-electron chi connectivity index (χ1n) is 8.94. The lowest BCUT2D eigenvalue weighted by molar-refractivity contribution is -0.139. The number of para-hydroxylation sites is 1. The molecule has 2 N–H and O–H groups in total. The SMILES string of the molecule is CCOC(=O)C1=C(C)OC(N)=C(C#N)C1c1ccc(F)c(Oc2ccccc2)c1. The van der Waals surface area contributed by atoms with E-state index in [0.717, 1.165) is 0 Å². The Morgan fingerprint density at radius 3 is 2.66 bits per heavy atom. The van der Waals surface area contributed by atoms with Crippen LogP contribution in [-0.4, -0.2) is 12.6 Å². The van der Waals surface area contributed by atoms with Crippen molar-refractivity contribution in [3.05, 3.63) is 82.7 Å². The largest absolute Gasteiger partial charge is 0.463 e. The van der Waals surface area contributed by atoms with Crippen molar-refractivity contribution in [2.45, 2.75) is 19.8 Å². The van der Waals surface area contributed by atoms with Crippen LogP contribution in [0.15, 0.2) is 71.3 Å². The van der Waals surface area contributed by atoms with Crippen molar-refractivity contribution in [3.8, 4) is 17.6 Å². The van der Waals surface area contributed by atoms with Gasteiger partial charge in [0.1, 0.15) is 23.2 Å². The smallest absolute Gasteiger partial charge is 0.338 e. The number of hydrogen-bond donors (Lipinski definition) is 1. The molecular formula is C22H19FN2O4. The van der Waals surface area contributed by atoms with Gasteiger partial charge < -0.3 is 19.9 Å². The molecule has 0 bridgehead atoms. The van der Waals surface area contributed by atoms with E-state index in [0.29, 0.717) is 11.3 Å². The predicted octanol–water partition coefficient (Wildman–Crippen LogP) is 4.26. The molecular weight excluding hydrogens is 375 g/mol. The Morgan fingerprint density at radius 2 is 2.00 bits per heavy atom. The Balaban J connectivity index is 2.09. The Morgan fingerprint density at radius 1 is 1.28 bits per heavy atom. The number of ether oxygens (including phenoxy) is 3. The lowest BCUT2D eigenvalue weighted by atomic mass is 9.83. The summed E-state index contributed by atoms with van der Waals surface area (Å²) >= 11 is 0. The second-order valence-electron chi connectivity index (χ2n) is 6.22. The Bertz CT molecular complexity index is 1040. The first kappa shape index (κ1) is 20.0. The van der Waals surface area contributed by atoms with Crippen molar-refractivity contribution in [2.24, 2.45) is 5.73 Å². The average Bonchev–Trinajstić information content (AvgIpc) is 2.70. The van der Waals surface area contributed by atoms with Gasteiger partial charge in [0.15, 0.2) is 11.6 Å². The number of carbonyl (C=O) groups is 1. The van der Waals surface area contributed by atoms with E-state index in [1.54, 1.807) is 38.1 Å². The van der Waals surface area contributed by atoms with Gasteiger partial charge in [-0.2, -0.15) is 5.26 Å². The summed E-state index contributed by atoms with van der Waals surface area (Å²) in [4.78, 5) is 12.6. The summed E-state index contributed by atoms with van der Waals surface area (Å²) in [6.07, 6.45) is 0. The molecule has 0 amide bonds. The highest BCUT2D eigenvalue weighted by molar-refractivity contribution is 5.92. The van der Waals surface area contributed by atoms with Gasteiger partial charge in [-0.15, -0.1) is 0 Å². The van der Waals surface area contributed by atoms with Crippen LogP contribution in [0.3, 0.4) is 0 Å². The maximum absolute atomic E-state index is 14.4. The van der Waals surface area contributed by atoms with E-state index in [1.165, 1.54) is 18.2 Å². The van der Waals surface area contributed by atoms with Gasteiger partial charge in [0.25, 0.3) is 0 Å². The van der Waals surface area contributed by atoms with Crippen LogP contribution in [0.5, 0.6) is 11.5 Å². The number of nitrogens with zero attached hydrogens (tertiary/aromatic N) is 1. The van der Waals surface area contributed by atoms with Crippen molar-refractivity contribution in [1.29, 1.82) is 5.26 Å². The van der Waals surface area contributed by atoms with Gasteiger partial charge >= 0.3 is 5.97 Å². The molecule has 3 rings (SSSR count). The van der Waals surface area contributed by atoms with Crippen molar-refractivity contribution >= 4 is 5.97 Å². The van der Waals surface area contributed by atoms with Gasteiger partial charge in [0, 0.05) is 0 Å². The summed E-state index contributed by atoms with van der Waals surface area (Å²) in [5, 5.41) is 9.62. The van der Waals surface area contributed by atoms with Crippen LogP contribution in [0.4, 0.5) is 4.39 Å². The second-order valence-corrected chi connectivity index (χ2v) is 6.22. The average molecular weight is 394 g/mol. The molecule has 29 heavy (non-hydrogen) atoms. The fourth-order valence-corrected chi connectivity index (χ4v) is 3.08. The number of halogens is 1. The number of benzene rings is 2.